The molecule has 0 saturated heterocycles. The van der Waals surface area contributed by atoms with Crippen molar-refractivity contribution in [3.05, 3.63) is 121 Å². The number of aromatic nitrogens is 2. The molecule has 4 heteroatoms. The van der Waals surface area contributed by atoms with Crippen LogP contribution in [0.4, 0.5) is 0 Å². The maximum atomic E-state index is 9.40. The molecular weight excluding hydrogens is 428 g/mol. The molecule has 0 atom stereocenters. The Balaban J connectivity index is 1.47. The number of para-hydroxylation sites is 1. The number of nitriles is 2. The molecular formula is C31H18N4. The van der Waals surface area contributed by atoms with Crippen LogP contribution in [0.3, 0.4) is 0 Å². The summed E-state index contributed by atoms with van der Waals surface area (Å²) < 4.78 is 2.25. The largest absolute Gasteiger partial charge is 0.309 e. The van der Waals surface area contributed by atoms with Crippen LogP contribution in [0.15, 0.2) is 109 Å². The summed E-state index contributed by atoms with van der Waals surface area (Å²) in [7, 11) is 0. The molecule has 0 N–H and O–H groups in total. The van der Waals surface area contributed by atoms with Crippen LogP contribution < -0.4 is 0 Å². The van der Waals surface area contributed by atoms with Gasteiger partial charge in [-0.2, -0.15) is 10.5 Å². The number of rotatable bonds is 3. The molecule has 0 aliphatic heterocycles. The lowest BCUT2D eigenvalue weighted by molar-refractivity contribution is 1.18. The van der Waals surface area contributed by atoms with Gasteiger partial charge in [0.2, 0.25) is 0 Å². The summed E-state index contributed by atoms with van der Waals surface area (Å²) in [4.78, 5) is 4.05. The Hall–Kier alpha value is -5.19. The first-order valence-corrected chi connectivity index (χ1v) is 11.3. The average molecular weight is 447 g/mol. The van der Waals surface area contributed by atoms with E-state index in [4.69, 9.17) is 0 Å². The van der Waals surface area contributed by atoms with Crippen molar-refractivity contribution in [2.24, 2.45) is 0 Å². The molecule has 0 bridgehead atoms. The predicted octanol–water partition coefficient (Wildman–Crippen LogP) is 7.26. The number of pyridine rings is 1. The first kappa shape index (κ1) is 20.4. The van der Waals surface area contributed by atoms with Crippen LogP contribution >= 0.6 is 0 Å². The molecule has 6 aromatic rings. The van der Waals surface area contributed by atoms with Gasteiger partial charge in [-0.15, -0.1) is 0 Å². The lowest BCUT2D eigenvalue weighted by atomic mass is 9.98. The van der Waals surface area contributed by atoms with Gasteiger partial charge in [0, 0.05) is 34.4 Å². The maximum absolute atomic E-state index is 9.40. The van der Waals surface area contributed by atoms with Crippen molar-refractivity contribution in [3.63, 3.8) is 0 Å². The molecule has 4 aromatic carbocycles. The van der Waals surface area contributed by atoms with E-state index >= 15 is 0 Å². The van der Waals surface area contributed by atoms with Gasteiger partial charge in [0.25, 0.3) is 0 Å². The fourth-order valence-corrected chi connectivity index (χ4v) is 4.72. The highest BCUT2D eigenvalue weighted by Gasteiger charge is 2.13. The summed E-state index contributed by atoms with van der Waals surface area (Å²) in [6.45, 7) is 0. The molecule has 0 aliphatic rings. The Kier molecular flexibility index (Phi) is 4.84. The van der Waals surface area contributed by atoms with Crippen LogP contribution in [0.5, 0.6) is 0 Å². The average Bonchev–Trinajstić information content (AvgIpc) is 3.27. The molecule has 0 saturated carbocycles. The van der Waals surface area contributed by atoms with Crippen molar-refractivity contribution in [1.29, 1.82) is 10.5 Å². The number of fused-ring (bicyclic) bond motifs is 3. The Morgan fingerprint density at radius 3 is 2.26 bits per heavy atom. The molecule has 2 aromatic heterocycles. The molecule has 0 unspecified atom stereocenters. The summed E-state index contributed by atoms with van der Waals surface area (Å²) in [5.74, 6) is 0. The van der Waals surface area contributed by atoms with Gasteiger partial charge in [-0.05, 0) is 59.2 Å². The summed E-state index contributed by atoms with van der Waals surface area (Å²) in [6.07, 6.45) is 3.30. The third kappa shape index (κ3) is 3.42. The minimum atomic E-state index is 0.563. The SMILES string of the molecule is N#Cc1ccc2c(c1)c1ccccc1n2-c1cccc(-c2ccc(-c3ccncc3C#N)cc2)c1. The number of hydrogen-bond donors (Lipinski definition) is 0. The summed E-state index contributed by atoms with van der Waals surface area (Å²) >= 11 is 0. The van der Waals surface area contributed by atoms with E-state index in [2.05, 4.69) is 70.2 Å². The third-order valence-electron chi connectivity index (χ3n) is 6.38. The van der Waals surface area contributed by atoms with E-state index in [1.54, 1.807) is 12.4 Å². The molecule has 0 amide bonds. The fourth-order valence-electron chi connectivity index (χ4n) is 4.72. The summed E-state index contributed by atoms with van der Waals surface area (Å²) in [6, 6.07) is 37.2. The van der Waals surface area contributed by atoms with E-state index in [1.807, 2.05) is 48.5 Å². The zero-order valence-electron chi connectivity index (χ0n) is 18.7. The topological polar surface area (TPSA) is 65.4 Å². The van der Waals surface area contributed by atoms with Gasteiger partial charge in [0.05, 0.1) is 28.2 Å². The van der Waals surface area contributed by atoms with Crippen molar-refractivity contribution in [3.8, 4) is 40.1 Å². The van der Waals surface area contributed by atoms with Crippen LogP contribution in [0.2, 0.25) is 0 Å². The van der Waals surface area contributed by atoms with Crippen LogP contribution in [0.1, 0.15) is 11.1 Å². The number of hydrogen-bond acceptors (Lipinski definition) is 3. The van der Waals surface area contributed by atoms with E-state index in [0.717, 1.165) is 49.7 Å². The van der Waals surface area contributed by atoms with Crippen molar-refractivity contribution in [1.82, 2.24) is 9.55 Å². The Morgan fingerprint density at radius 1 is 0.629 bits per heavy atom. The smallest absolute Gasteiger partial charge is 0.101 e. The minimum absolute atomic E-state index is 0.563. The van der Waals surface area contributed by atoms with Gasteiger partial charge in [-0.25, -0.2) is 0 Å². The molecule has 162 valence electrons. The van der Waals surface area contributed by atoms with E-state index in [9.17, 15) is 10.5 Å². The second-order valence-electron chi connectivity index (χ2n) is 8.36. The van der Waals surface area contributed by atoms with E-state index < -0.39 is 0 Å². The third-order valence-corrected chi connectivity index (χ3v) is 6.38. The molecule has 4 nitrogen and oxygen atoms in total. The Labute approximate surface area is 202 Å². The van der Waals surface area contributed by atoms with E-state index in [0.29, 0.717) is 11.1 Å². The molecule has 0 aliphatic carbocycles. The quantitative estimate of drug-likeness (QED) is 0.287. The molecule has 0 radical (unpaired) electrons. The highest BCUT2D eigenvalue weighted by Crippen LogP contribution is 2.34. The normalized spacial score (nSPS) is 10.8. The highest BCUT2D eigenvalue weighted by molar-refractivity contribution is 6.09. The highest BCUT2D eigenvalue weighted by atomic mass is 15.0. The predicted molar refractivity (Wildman–Crippen MR) is 139 cm³/mol. The zero-order chi connectivity index (χ0) is 23.8. The lowest BCUT2D eigenvalue weighted by Crippen LogP contribution is -1.94. The standard InChI is InChI=1S/C31H18N4/c32-18-21-8-13-31-29(16-21)28-6-1-2-7-30(28)35(31)26-5-3-4-24(17-26)22-9-11-23(12-10-22)27-14-15-34-20-25(27)19-33/h1-17,20H. The monoisotopic (exact) mass is 446 g/mol. The second-order valence-corrected chi connectivity index (χ2v) is 8.36. The van der Waals surface area contributed by atoms with Crippen molar-refractivity contribution < 1.29 is 0 Å². The second kappa shape index (κ2) is 8.30. The van der Waals surface area contributed by atoms with E-state index in [1.165, 1.54) is 0 Å². The Bertz CT molecular complexity index is 1810. The van der Waals surface area contributed by atoms with Crippen LogP contribution in [-0.4, -0.2) is 9.55 Å². The molecule has 6 rings (SSSR count). The van der Waals surface area contributed by atoms with Crippen LogP contribution in [0, 0.1) is 22.7 Å². The first-order chi connectivity index (χ1) is 17.3. The molecule has 0 fully saturated rings. The molecule has 35 heavy (non-hydrogen) atoms. The van der Waals surface area contributed by atoms with Crippen molar-refractivity contribution >= 4 is 21.8 Å². The minimum Gasteiger partial charge on any atom is -0.309 e. The summed E-state index contributed by atoms with van der Waals surface area (Å²) in [5.41, 5.74) is 8.51. The fraction of sp³-hybridized carbons (Fsp3) is 0. The van der Waals surface area contributed by atoms with Gasteiger partial charge in [-0.1, -0.05) is 54.6 Å². The van der Waals surface area contributed by atoms with Gasteiger partial charge >= 0.3 is 0 Å². The van der Waals surface area contributed by atoms with Crippen LogP contribution in [-0.2, 0) is 0 Å². The first-order valence-electron chi connectivity index (χ1n) is 11.3. The maximum Gasteiger partial charge on any atom is 0.101 e. The van der Waals surface area contributed by atoms with Crippen molar-refractivity contribution in [2.75, 3.05) is 0 Å². The molecule has 0 spiro atoms. The zero-order valence-corrected chi connectivity index (χ0v) is 18.7. The number of benzene rings is 4. The lowest BCUT2D eigenvalue weighted by Gasteiger charge is -2.11. The molecule has 2 heterocycles. The van der Waals surface area contributed by atoms with E-state index in [-0.39, 0.29) is 0 Å². The van der Waals surface area contributed by atoms with Crippen molar-refractivity contribution in [2.45, 2.75) is 0 Å². The Morgan fingerprint density at radius 2 is 1.43 bits per heavy atom. The number of nitrogens with zero attached hydrogens (tertiary/aromatic N) is 4. The van der Waals surface area contributed by atoms with Gasteiger partial charge in [0.15, 0.2) is 0 Å². The summed E-state index contributed by atoms with van der Waals surface area (Å²) in [5, 5.41) is 21.0. The van der Waals surface area contributed by atoms with Gasteiger partial charge in [0.1, 0.15) is 6.07 Å². The van der Waals surface area contributed by atoms with Crippen LogP contribution in [0.25, 0.3) is 49.7 Å². The van der Waals surface area contributed by atoms with Gasteiger partial charge in [-0.3, -0.25) is 4.98 Å². The van der Waals surface area contributed by atoms with Gasteiger partial charge < -0.3 is 4.57 Å².